The van der Waals surface area contributed by atoms with Gasteiger partial charge < -0.3 is 0 Å². The van der Waals surface area contributed by atoms with Crippen LogP contribution in [0.1, 0.15) is 67.8 Å². The molecular formula is C19H26N2O2. The van der Waals surface area contributed by atoms with E-state index in [0.29, 0.717) is 18.2 Å². The zero-order chi connectivity index (χ0) is 16.4. The van der Waals surface area contributed by atoms with E-state index in [9.17, 15) is 9.59 Å². The Morgan fingerprint density at radius 1 is 1.00 bits per heavy atom. The Bertz CT molecular complexity index is 601. The van der Waals surface area contributed by atoms with Crippen molar-refractivity contribution in [2.45, 2.75) is 51.9 Å². The van der Waals surface area contributed by atoms with Crippen LogP contribution in [0.25, 0.3) is 0 Å². The number of amides is 1. The van der Waals surface area contributed by atoms with Crippen LogP contribution in [0.15, 0.2) is 18.2 Å². The van der Waals surface area contributed by atoms with Crippen molar-refractivity contribution in [2.75, 3.05) is 24.7 Å². The maximum absolute atomic E-state index is 12.4. The SMILES string of the molecule is CC(C)c1ccc2c(c1)C(=O)C(=O)N2CN1CCCCCCC1. The van der Waals surface area contributed by atoms with Gasteiger partial charge in [0.1, 0.15) is 0 Å². The van der Waals surface area contributed by atoms with E-state index in [1.54, 1.807) is 4.90 Å². The summed E-state index contributed by atoms with van der Waals surface area (Å²) in [6, 6.07) is 5.88. The number of nitrogens with zero attached hydrogens (tertiary/aromatic N) is 2. The molecule has 0 unspecified atom stereocenters. The Balaban J connectivity index is 1.81. The molecule has 124 valence electrons. The van der Waals surface area contributed by atoms with Gasteiger partial charge in [0.2, 0.25) is 0 Å². The molecule has 2 aliphatic rings. The minimum absolute atomic E-state index is 0.352. The molecule has 4 heteroatoms. The molecule has 23 heavy (non-hydrogen) atoms. The van der Waals surface area contributed by atoms with Crippen molar-refractivity contribution in [1.29, 1.82) is 0 Å². The Kier molecular flexibility index (Phi) is 4.81. The molecule has 0 bridgehead atoms. The molecule has 0 saturated carbocycles. The quantitative estimate of drug-likeness (QED) is 0.801. The van der Waals surface area contributed by atoms with Crippen molar-refractivity contribution in [2.24, 2.45) is 0 Å². The Morgan fingerprint density at radius 3 is 2.30 bits per heavy atom. The predicted octanol–water partition coefficient (Wildman–Crippen LogP) is 3.56. The van der Waals surface area contributed by atoms with E-state index in [1.165, 1.54) is 32.1 Å². The molecule has 0 aromatic heterocycles. The Morgan fingerprint density at radius 2 is 1.65 bits per heavy atom. The maximum atomic E-state index is 12.4. The van der Waals surface area contributed by atoms with Gasteiger partial charge in [-0.1, -0.05) is 39.2 Å². The topological polar surface area (TPSA) is 40.6 Å². The predicted molar refractivity (Wildman–Crippen MR) is 91.9 cm³/mol. The Hall–Kier alpha value is -1.68. The van der Waals surface area contributed by atoms with Gasteiger partial charge in [-0.05, 0) is 49.5 Å². The van der Waals surface area contributed by atoms with Gasteiger partial charge in [0.25, 0.3) is 5.78 Å². The molecule has 2 heterocycles. The highest BCUT2D eigenvalue weighted by Crippen LogP contribution is 2.32. The molecule has 1 aromatic rings. The third-order valence-electron chi connectivity index (χ3n) is 4.95. The summed E-state index contributed by atoms with van der Waals surface area (Å²) in [5.74, 6) is -0.371. The van der Waals surface area contributed by atoms with Crippen LogP contribution < -0.4 is 4.90 Å². The number of hydrogen-bond acceptors (Lipinski definition) is 3. The van der Waals surface area contributed by atoms with E-state index in [0.717, 1.165) is 24.3 Å². The lowest BCUT2D eigenvalue weighted by molar-refractivity contribution is -0.114. The number of carbonyl (C=O) groups is 2. The first kappa shape index (κ1) is 16.2. The first-order valence-electron chi connectivity index (χ1n) is 8.80. The molecule has 2 aliphatic heterocycles. The van der Waals surface area contributed by atoms with E-state index in [1.807, 2.05) is 18.2 Å². The van der Waals surface area contributed by atoms with Crippen LogP contribution in [-0.2, 0) is 4.79 Å². The lowest BCUT2D eigenvalue weighted by atomic mass is 9.99. The summed E-state index contributed by atoms with van der Waals surface area (Å²) in [4.78, 5) is 28.7. The number of hydrogen-bond donors (Lipinski definition) is 0. The number of benzene rings is 1. The van der Waals surface area contributed by atoms with Gasteiger partial charge in [0.15, 0.2) is 0 Å². The minimum Gasteiger partial charge on any atom is -0.291 e. The van der Waals surface area contributed by atoms with Gasteiger partial charge in [0, 0.05) is 0 Å². The Labute approximate surface area is 138 Å². The molecule has 0 aliphatic carbocycles. The number of fused-ring (bicyclic) bond motifs is 1. The first-order chi connectivity index (χ1) is 11.1. The molecule has 1 fully saturated rings. The van der Waals surface area contributed by atoms with Gasteiger partial charge in [0.05, 0.1) is 17.9 Å². The van der Waals surface area contributed by atoms with E-state index < -0.39 is 0 Å². The van der Waals surface area contributed by atoms with Gasteiger partial charge in [-0.3, -0.25) is 19.4 Å². The lowest BCUT2D eigenvalue weighted by Gasteiger charge is -2.29. The van der Waals surface area contributed by atoms with Crippen LogP contribution in [0.5, 0.6) is 0 Å². The summed E-state index contributed by atoms with van der Waals surface area (Å²) in [6.07, 6.45) is 6.19. The molecule has 0 radical (unpaired) electrons. The van der Waals surface area contributed by atoms with Crippen molar-refractivity contribution >= 4 is 17.4 Å². The molecule has 4 nitrogen and oxygen atoms in total. The number of anilines is 1. The van der Waals surface area contributed by atoms with Crippen LogP contribution in [0, 0.1) is 0 Å². The average molecular weight is 314 g/mol. The standard InChI is InChI=1S/C19H26N2O2/c1-14(2)15-8-9-17-16(12-15)18(22)19(23)21(17)13-20-10-6-4-3-5-7-11-20/h8-9,12,14H,3-7,10-11,13H2,1-2H3. The summed E-state index contributed by atoms with van der Waals surface area (Å²) in [6.45, 7) is 6.76. The lowest BCUT2D eigenvalue weighted by Crippen LogP contribution is -2.42. The summed E-state index contributed by atoms with van der Waals surface area (Å²) in [7, 11) is 0. The fourth-order valence-corrected chi connectivity index (χ4v) is 3.47. The van der Waals surface area contributed by atoms with Crippen molar-refractivity contribution in [3.63, 3.8) is 0 Å². The maximum Gasteiger partial charge on any atom is 0.300 e. The van der Waals surface area contributed by atoms with E-state index >= 15 is 0 Å². The average Bonchev–Trinajstić information content (AvgIpc) is 2.74. The minimum atomic E-state index is -0.372. The van der Waals surface area contributed by atoms with Crippen molar-refractivity contribution < 1.29 is 9.59 Å². The molecule has 1 aromatic carbocycles. The molecule has 1 saturated heterocycles. The van der Waals surface area contributed by atoms with Gasteiger partial charge in [-0.15, -0.1) is 0 Å². The normalized spacial score (nSPS) is 19.9. The first-order valence-corrected chi connectivity index (χ1v) is 8.80. The van der Waals surface area contributed by atoms with Crippen LogP contribution in [0.3, 0.4) is 0 Å². The third kappa shape index (κ3) is 3.32. The van der Waals surface area contributed by atoms with Crippen molar-refractivity contribution in [3.8, 4) is 0 Å². The van der Waals surface area contributed by atoms with Crippen LogP contribution in [0.4, 0.5) is 5.69 Å². The highest BCUT2D eigenvalue weighted by Gasteiger charge is 2.36. The second-order valence-electron chi connectivity index (χ2n) is 7.02. The molecule has 0 spiro atoms. The van der Waals surface area contributed by atoms with E-state index in [2.05, 4.69) is 18.7 Å². The van der Waals surface area contributed by atoms with Crippen molar-refractivity contribution in [3.05, 3.63) is 29.3 Å². The van der Waals surface area contributed by atoms with E-state index in [-0.39, 0.29) is 11.7 Å². The monoisotopic (exact) mass is 314 g/mol. The zero-order valence-electron chi connectivity index (χ0n) is 14.2. The smallest absolute Gasteiger partial charge is 0.291 e. The summed E-state index contributed by atoms with van der Waals surface area (Å²) >= 11 is 0. The zero-order valence-corrected chi connectivity index (χ0v) is 14.2. The van der Waals surface area contributed by atoms with Crippen LogP contribution in [0.2, 0.25) is 0 Å². The highest BCUT2D eigenvalue weighted by molar-refractivity contribution is 6.52. The van der Waals surface area contributed by atoms with Gasteiger partial charge >= 0.3 is 5.91 Å². The summed E-state index contributed by atoms with van der Waals surface area (Å²) < 4.78 is 0. The highest BCUT2D eigenvalue weighted by atomic mass is 16.2. The van der Waals surface area contributed by atoms with Gasteiger partial charge in [-0.25, -0.2) is 0 Å². The molecular weight excluding hydrogens is 288 g/mol. The largest absolute Gasteiger partial charge is 0.300 e. The number of rotatable bonds is 3. The molecule has 1 amide bonds. The second-order valence-corrected chi connectivity index (χ2v) is 7.02. The summed E-state index contributed by atoms with van der Waals surface area (Å²) in [5.41, 5.74) is 2.47. The number of Topliss-reactive ketones (excluding diaryl/α,β-unsaturated/α-hetero) is 1. The van der Waals surface area contributed by atoms with Gasteiger partial charge in [-0.2, -0.15) is 0 Å². The number of carbonyl (C=O) groups excluding carboxylic acids is 2. The molecule has 0 atom stereocenters. The number of ketones is 1. The third-order valence-corrected chi connectivity index (χ3v) is 4.95. The van der Waals surface area contributed by atoms with Crippen molar-refractivity contribution in [1.82, 2.24) is 4.90 Å². The summed E-state index contributed by atoms with van der Waals surface area (Å²) in [5, 5.41) is 0. The second kappa shape index (κ2) is 6.83. The fourth-order valence-electron chi connectivity index (χ4n) is 3.47. The molecule has 0 N–H and O–H groups in total. The fraction of sp³-hybridized carbons (Fsp3) is 0.579. The van der Waals surface area contributed by atoms with E-state index in [4.69, 9.17) is 0 Å². The molecule has 3 rings (SSSR count). The number of likely N-dealkylation sites (tertiary alicyclic amines) is 1. The van der Waals surface area contributed by atoms with Crippen LogP contribution >= 0.6 is 0 Å². The van der Waals surface area contributed by atoms with Crippen LogP contribution in [-0.4, -0.2) is 36.3 Å².